The standard InChI is InChI=1S/C16H16N2O2/c1-12(11-19)14-7-2-3-8-15(14)16(20)18-10-13-6-4-5-9-17-13/h2-9,11-12H,10H2,1H3,(H,18,20). The van der Waals surface area contributed by atoms with Gasteiger partial charge in [0.2, 0.25) is 0 Å². The summed E-state index contributed by atoms with van der Waals surface area (Å²) in [5, 5.41) is 2.82. The summed E-state index contributed by atoms with van der Waals surface area (Å²) in [6, 6.07) is 12.7. The highest BCUT2D eigenvalue weighted by Gasteiger charge is 2.14. The first-order valence-corrected chi connectivity index (χ1v) is 6.44. The summed E-state index contributed by atoms with van der Waals surface area (Å²) in [5.41, 5.74) is 2.06. The van der Waals surface area contributed by atoms with E-state index in [1.165, 1.54) is 0 Å². The predicted molar refractivity (Wildman–Crippen MR) is 76.3 cm³/mol. The van der Waals surface area contributed by atoms with Crippen LogP contribution in [0.3, 0.4) is 0 Å². The maximum atomic E-state index is 12.2. The maximum Gasteiger partial charge on any atom is 0.251 e. The summed E-state index contributed by atoms with van der Waals surface area (Å²) in [7, 11) is 0. The third kappa shape index (κ3) is 3.29. The van der Waals surface area contributed by atoms with E-state index < -0.39 is 0 Å². The molecule has 0 saturated heterocycles. The molecule has 0 aliphatic heterocycles. The highest BCUT2D eigenvalue weighted by atomic mass is 16.1. The number of nitrogens with one attached hydrogen (secondary N) is 1. The number of pyridine rings is 1. The fraction of sp³-hybridized carbons (Fsp3) is 0.188. The minimum absolute atomic E-state index is 0.194. The number of hydrogen-bond acceptors (Lipinski definition) is 3. The first-order chi connectivity index (χ1) is 9.72. The Morgan fingerprint density at radius 1 is 1.25 bits per heavy atom. The van der Waals surface area contributed by atoms with Gasteiger partial charge in [-0.25, -0.2) is 0 Å². The molecule has 1 aromatic heterocycles. The van der Waals surface area contributed by atoms with E-state index in [2.05, 4.69) is 10.3 Å². The second-order valence-electron chi connectivity index (χ2n) is 4.52. The van der Waals surface area contributed by atoms with Crippen LogP contribution in [-0.2, 0) is 11.3 Å². The number of aromatic nitrogens is 1. The summed E-state index contributed by atoms with van der Waals surface area (Å²) >= 11 is 0. The zero-order chi connectivity index (χ0) is 14.4. The fourth-order valence-electron chi connectivity index (χ4n) is 1.94. The van der Waals surface area contributed by atoms with Gasteiger partial charge < -0.3 is 10.1 Å². The molecule has 0 aliphatic rings. The van der Waals surface area contributed by atoms with Crippen LogP contribution < -0.4 is 5.32 Å². The van der Waals surface area contributed by atoms with Crippen LogP contribution in [0, 0.1) is 0 Å². The monoisotopic (exact) mass is 268 g/mol. The first-order valence-electron chi connectivity index (χ1n) is 6.44. The summed E-state index contributed by atoms with van der Waals surface area (Å²) < 4.78 is 0. The number of carbonyl (C=O) groups excluding carboxylic acids is 2. The molecular formula is C16H16N2O2. The van der Waals surface area contributed by atoms with E-state index in [0.717, 1.165) is 17.5 Å². The van der Waals surface area contributed by atoms with E-state index in [1.807, 2.05) is 24.3 Å². The fourth-order valence-corrected chi connectivity index (χ4v) is 1.94. The molecule has 4 nitrogen and oxygen atoms in total. The van der Waals surface area contributed by atoms with Crippen LogP contribution in [0.1, 0.15) is 34.5 Å². The van der Waals surface area contributed by atoms with Gasteiger partial charge in [-0.3, -0.25) is 9.78 Å². The highest BCUT2D eigenvalue weighted by molar-refractivity contribution is 5.96. The summed E-state index contributed by atoms with van der Waals surface area (Å²) in [6.07, 6.45) is 2.52. The van der Waals surface area contributed by atoms with Gasteiger partial charge in [-0.2, -0.15) is 0 Å². The van der Waals surface area contributed by atoms with Crippen LogP contribution >= 0.6 is 0 Å². The number of nitrogens with zero attached hydrogens (tertiary/aromatic N) is 1. The Balaban J connectivity index is 2.11. The van der Waals surface area contributed by atoms with Gasteiger partial charge in [0.25, 0.3) is 5.91 Å². The number of rotatable bonds is 5. The molecule has 0 saturated carbocycles. The third-order valence-electron chi connectivity index (χ3n) is 3.06. The van der Waals surface area contributed by atoms with E-state index in [9.17, 15) is 9.59 Å². The molecule has 0 bridgehead atoms. The number of amides is 1. The minimum atomic E-state index is -0.299. The van der Waals surface area contributed by atoms with Crippen LogP contribution in [0.4, 0.5) is 0 Å². The normalized spacial score (nSPS) is 11.7. The second-order valence-corrected chi connectivity index (χ2v) is 4.52. The van der Waals surface area contributed by atoms with E-state index in [1.54, 1.807) is 31.3 Å². The van der Waals surface area contributed by atoms with Crippen molar-refractivity contribution in [1.82, 2.24) is 10.3 Å². The SMILES string of the molecule is CC(C=O)c1ccccc1C(=O)NCc1ccccn1. The Morgan fingerprint density at radius 2 is 2.00 bits per heavy atom. The lowest BCUT2D eigenvalue weighted by atomic mass is 9.96. The van der Waals surface area contributed by atoms with Gasteiger partial charge in [0.05, 0.1) is 12.2 Å². The van der Waals surface area contributed by atoms with Crippen molar-refractivity contribution in [3.63, 3.8) is 0 Å². The molecular weight excluding hydrogens is 252 g/mol. The van der Waals surface area contributed by atoms with E-state index >= 15 is 0 Å². The van der Waals surface area contributed by atoms with E-state index in [-0.39, 0.29) is 11.8 Å². The van der Waals surface area contributed by atoms with Crippen LogP contribution in [0.2, 0.25) is 0 Å². The lowest BCUT2D eigenvalue weighted by Gasteiger charge is -2.11. The number of aldehydes is 1. The molecule has 1 amide bonds. The molecule has 0 radical (unpaired) electrons. The molecule has 102 valence electrons. The lowest BCUT2D eigenvalue weighted by molar-refractivity contribution is -0.108. The van der Waals surface area contributed by atoms with Crippen molar-refractivity contribution in [1.29, 1.82) is 0 Å². The second kappa shape index (κ2) is 6.61. The van der Waals surface area contributed by atoms with Gasteiger partial charge in [-0.15, -0.1) is 0 Å². The minimum Gasteiger partial charge on any atom is -0.346 e. The topological polar surface area (TPSA) is 59.1 Å². The molecule has 4 heteroatoms. The molecule has 1 N–H and O–H groups in total. The predicted octanol–water partition coefficient (Wildman–Crippen LogP) is 2.31. The zero-order valence-corrected chi connectivity index (χ0v) is 11.2. The quantitative estimate of drug-likeness (QED) is 0.847. The van der Waals surface area contributed by atoms with Crippen molar-refractivity contribution in [2.24, 2.45) is 0 Å². The highest BCUT2D eigenvalue weighted by Crippen LogP contribution is 2.18. The smallest absolute Gasteiger partial charge is 0.251 e. The largest absolute Gasteiger partial charge is 0.346 e. The van der Waals surface area contributed by atoms with Crippen molar-refractivity contribution in [3.05, 3.63) is 65.5 Å². The van der Waals surface area contributed by atoms with Crippen LogP contribution in [0.15, 0.2) is 48.7 Å². The number of carbonyl (C=O) groups is 2. The van der Waals surface area contributed by atoms with Gasteiger partial charge in [0.1, 0.15) is 6.29 Å². The van der Waals surface area contributed by atoms with Gasteiger partial charge >= 0.3 is 0 Å². The zero-order valence-electron chi connectivity index (χ0n) is 11.2. The summed E-state index contributed by atoms with van der Waals surface area (Å²) in [4.78, 5) is 27.3. The van der Waals surface area contributed by atoms with E-state index in [0.29, 0.717) is 12.1 Å². The van der Waals surface area contributed by atoms with Crippen LogP contribution in [0.25, 0.3) is 0 Å². The van der Waals surface area contributed by atoms with E-state index in [4.69, 9.17) is 0 Å². The Hall–Kier alpha value is -2.49. The number of hydrogen-bond donors (Lipinski definition) is 1. The first kappa shape index (κ1) is 13.9. The average molecular weight is 268 g/mol. The molecule has 20 heavy (non-hydrogen) atoms. The molecule has 1 aromatic carbocycles. The number of benzene rings is 1. The Bertz CT molecular complexity index is 596. The third-order valence-corrected chi connectivity index (χ3v) is 3.06. The summed E-state index contributed by atoms with van der Waals surface area (Å²) in [5.74, 6) is -0.494. The summed E-state index contributed by atoms with van der Waals surface area (Å²) in [6.45, 7) is 2.14. The van der Waals surface area contributed by atoms with Crippen LogP contribution in [0.5, 0.6) is 0 Å². The molecule has 0 aliphatic carbocycles. The lowest BCUT2D eigenvalue weighted by Crippen LogP contribution is -2.24. The molecule has 1 atom stereocenters. The van der Waals surface area contributed by atoms with Crippen molar-refractivity contribution < 1.29 is 9.59 Å². The Labute approximate surface area is 117 Å². The molecule has 0 spiro atoms. The van der Waals surface area contributed by atoms with Crippen molar-refractivity contribution >= 4 is 12.2 Å². The molecule has 0 fully saturated rings. The van der Waals surface area contributed by atoms with Gasteiger partial charge in [-0.05, 0) is 23.8 Å². The van der Waals surface area contributed by atoms with Gasteiger partial charge in [-0.1, -0.05) is 31.2 Å². The molecule has 2 aromatic rings. The Kier molecular flexibility index (Phi) is 4.60. The van der Waals surface area contributed by atoms with Gasteiger partial charge in [0, 0.05) is 17.7 Å². The van der Waals surface area contributed by atoms with Crippen molar-refractivity contribution in [3.8, 4) is 0 Å². The Morgan fingerprint density at radius 3 is 2.70 bits per heavy atom. The molecule has 1 unspecified atom stereocenters. The molecule has 1 heterocycles. The van der Waals surface area contributed by atoms with Crippen molar-refractivity contribution in [2.75, 3.05) is 0 Å². The van der Waals surface area contributed by atoms with Gasteiger partial charge in [0.15, 0.2) is 0 Å². The maximum absolute atomic E-state index is 12.2. The van der Waals surface area contributed by atoms with Crippen molar-refractivity contribution in [2.45, 2.75) is 19.4 Å². The molecule has 2 rings (SSSR count). The average Bonchev–Trinajstić information content (AvgIpc) is 2.52. The van der Waals surface area contributed by atoms with Crippen LogP contribution in [-0.4, -0.2) is 17.2 Å².